The molecule has 1 unspecified atom stereocenters. The lowest BCUT2D eigenvalue weighted by Gasteiger charge is -2.25. The number of ether oxygens (including phenoxy) is 1. The highest BCUT2D eigenvalue weighted by Crippen LogP contribution is 2.28. The van der Waals surface area contributed by atoms with E-state index in [9.17, 15) is 27.6 Å². The van der Waals surface area contributed by atoms with Crippen molar-refractivity contribution in [3.8, 4) is 0 Å². The molecule has 7 nitrogen and oxygen atoms in total. The number of anilines is 1. The average molecular weight is 402 g/mol. The monoisotopic (exact) mass is 402 g/mol. The van der Waals surface area contributed by atoms with Crippen molar-refractivity contribution in [1.82, 2.24) is 4.90 Å². The average Bonchev–Trinajstić information content (AvgIpc) is 2.61. The van der Waals surface area contributed by atoms with Crippen LogP contribution in [0.1, 0.15) is 43.1 Å². The van der Waals surface area contributed by atoms with Crippen molar-refractivity contribution in [3.63, 3.8) is 0 Å². The van der Waals surface area contributed by atoms with Crippen LogP contribution in [-0.4, -0.2) is 52.2 Å². The number of esters is 1. The van der Waals surface area contributed by atoms with E-state index < -0.39 is 55.2 Å². The van der Waals surface area contributed by atoms with E-state index in [2.05, 4.69) is 5.32 Å². The Morgan fingerprint density at radius 1 is 1.29 bits per heavy atom. The number of hydrogen-bond acceptors (Lipinski definition) is 5. The van der Waals surface area contributed by atoms with Gasteiger partial charge in [-0.05, 0) is 44.5 Å². The first-order chi connectivity index (χ1) is 12.7. The van der Waals surface area contributed by atoms with Crippen molar-refractivity contribution in [2.24, 2.45) is 0 Å². The number of carbonyl (C=O) groups excluding carboxylic acids is 2. The Morgan fingerprint density at radius 2 is 1.93 bits per heavy atom. The summed E-state index contributed by atoms with van der Waals surface area (Å²) in [5, 5.41) is 11.7. The molecule has 1 aromatic carbocycles. The Labute approximate surface area is 159 Å². The molecule has 0 saturated carbocycles. The molecular weight excluding hydrogens is 381 g/mol. The Bertz CT molecular complexity index is 786. The zero-order chi connectivity index (χ0) is 21.3. The molecule has 0 aliphatic carbocycles. The number of carboxylic acid groups (broad SMARTS) is 1. The van der Waals surface area contributed by atoms with E-state index in [1.165, 1.54) is 18.2 Å². The fourth-order valence-electron chi connectivity index (χ4n) is 2.75. The van der Waals surface area contributed by atoms with Gasteiger partial charge in [-0.1, -0.05) is 0 Å². The third-order valence-electron chi connectivity index (χ3n) is 3.79. The van der Waals surface area contributed by atoms with E-state index in [0.717, 1.165) is 0 Å². The van der Waals surface area contributed by atoms with Crippen LogP contribution in [0.4, 0.5) is 18.9 Å². The molecule has 10 heteroatoms. The summed E-state index contributed by atoms with van der Waals surface area (Å²) in [7, 11) is 0. The van der Waals surface area contributed by atoms with Crippen LogP contribution in [0.25, 0.3) is 0 Å². The molecule has 0 bridgehead atoms. The van der Waals surface area contributed by atoms with Crippen molar-refractivity contribution >= 4 is 23.5 Å². The van der Waals surface area contributed by atoms with Gasteiger partial charge in [0.25, 0.3) is 0 Å². The maximum absolute atomic E-state index is 12.9. The predicted molar refractivity (Wildman–Crippen MR) is 92.7 cm³/mol. The normalized spacial score (nSPS) is 17.4. The first-order valence-electron chi connectivity index (χ1n) is 8.45. The Balaban J connectivity index is 2.39. The standard InChI is InChI=1S/C18H21F3N2O5/c1-17(2,3)28-16(27)10-4-5-12-11(6-10)8-23(9-18(19,20)21)15(26)13(22-12)7-14(24)25/h4-6,13,22H,7-9H2,1-3H3,(H,24,25). The minimum atomic E-state index is -4.66. The quantitative estimate of drug-likeness (QED) is 0.752. The molecule has 154 valence electrons. The predicted octanol–water partition coefficient (Wildman–Crippen LogP) is 2.80. The fourth-order valence-corrected chi connectivity index (χ4v) is 2.75. The Morgan fingerprint density at radius 3 is 2.46 bits per heavy atom. The van der Waals surface area contributed by atoms with Crippen molar-refractivity contribution in [2.45, 2.75) is 51.6 Å². The largest absolute Gasteiger partial charge is 0.481 e. The van der Waals surface area contributed by atoms with Gasteiger partial charge in [0.15, 0.2) is 0 Å². The smallest absolute Gasteiger partial charge is 0.406 e. The van der Waals surface area contributed by atoms with E-state index in [1.807, 2.05) is 0 Å². The van der Waals surface area contributed by atoms with Crippen LogP contribution in [0.5, 0.6) is 0 Å². The second kappa shape index (κ2) is 7.69. The molecule has 0 spiro atoms. The lowest BCUT2D eigenvalue weighted by Crippen LogP contribution is -2.45. The van der Waals surface area contributed by atoms with Crippen LogP contribution in [0, 0.1) is 0 Å². The number of fused-ring (bicyclic) bond motifs is 1. The maximum Gasteiger partial charge on any atom is 0.406 e. The Kier molecular flexibility index (Phi) is 5.91. The number of alkyl halides is 3. The highest BCUT2D eigenvalue weighted by molar-refractivity contribution is 5.93. The number of benzene rings is 1. The fraction of sp³-hybridized carbons (Fsp3) is 0.500. The molecule has 2 rings (SSSR count). The Hall–Kier alpha value is -2.78. The third-order valence-corrected chi connectivity index (χ3v) is 3.79. The number of carbonyl (C=O) groups is 3. The van der Waals surface area contributed by atoms with Crippen molar-refractivity contribution in [1.29, 1.82) is 0 Å². The highest BCUT2D eigenvalue weighted by atomic mass is 19.4. The molecule has 0 aromatic heterocycles. The van der Waals surface area contributed by atoms with E-state index in [-0.39, 0.29) is 16.8 Å². The number of halogens is 3. The summed E-state index contributed by atoms with van der Waals surface area (Å²) in [5.74, 6) is -2.96. The molecule has 1 aliphatic rings. The van der Waals surface area contributed by atoms with Crippen LogP contribution >= 0.6 is 0 Å². The number of nitrogens with one attached hydrogen (secondary N) is 1. The lowest BCUT2D eigenvalue weighted by molar-refractivity contribution is -0.163. The van der Waals surface area contributed by atoms with Crippen LogP contribution < -0.4 is 5.32 Å². The molecule has 1 atom stereocenters. The molecule has 0 radical (unpaired) electrons. The zero-order valence-electron chi connectivity index (χ0n) is 15.6. The van der Waals surface area contributed by atoms with Crippen LogP contribution in [0.15, 0.2) is 18.2 Å². The van der Waals surface area contributed by atoms with Crippen LogP contribution in [0.2, 0.25) is 0 Å². The van der Waals surface area contributed by atoms with Gasteiger partial charge in [-0.2, -0.15) is 13.2 Å². The SMILES string of the molecule is CC(C)(C)OC(=O)c1ccc2c(c1)CN(CC(F)(F)F)C(=O)C(CC(=O)O)N2. The molecule has 0 saturated heterocycles. The van der Waals surface area contributed by atoms with Gasteiger partial charge in [0, 0.05) is 12.2 Å². The molecule has 1 aliphatic heterocycles. The maximum atomic E-state index is 12.9. The highest BCUT2D eigenvalue weighted by Gasteiger charge is 2.38. The summed E-state index contributed by atoms with van der Waals surface area (Å²) in [6, 6.07) is 2.82. The van der Waals surface area contributed by atoms with E-state index >= 15 is 0 Å². The third kappa shape index (κ3) is 5.86. The van der Waals surface area contributed by atoms with E-state index in [0.29, 0.717) is 4.90 Å². The summed E-state index contributed by atoms with van der Waals surface area (Å²) in [5.41, 5.74) is -0.0931. The lowest BCUT2D eigenvalue weighted by atomic mass is 10.1. The minimum absolute atomic E-state index is 0.117. The van der Waals surface area contributed by atoms with Crippen molar-refractivity contribution < 1.29 is 37.4 Å². The van der Waals surface area contributed by atoms with Crippen molar-refractivity contribution in [2.75, 3.05) is 11.9 Å². The molecule has 1 aromatic rings. The van der Waals surface area contributed by atoms with Gasteiger partial charge in [0.1, 0.15) is 18.2 Å². The molecule has 0 fully saturated rings. The summed E-state index contributed by atoms with van der Waals surface area (Å²) in [6.45, 7) is 3.08. The van der Waals surface area contributed by atoms with Gasteiger partial charge in [0.05, 0.1) is 12.0 Å². The van der Waals surface area contributed by atoms with Crippen LogP contribution in [-0.2, 0) is 20.9 Å². The molecule has 28 heavy (non-hydrogen) atoms. The van der Waals surface area contributed by atoms with Gasteiger partial charge < -0.3 is 20.1 Å². The van der Waals surface area contributed by atoms with Gasteiger partial charge in [0.2, 0.25) is 5.91 Å². The van der Waals surface area contributed by atoms with Gasteiger partial charge in [-0.3, -0.25) is 9.59 Å². The van der Waals surface area contributed by atoms with Crippen LogP contribution in [0.3, 0.4) is 0 Å². The number of hydrogen-bond donors (Lipinski definition) is 2. The van der Waals surface area contributed by atoms with Crippen molar-refractivity contribution in [3.05, 3.63) is 29.3 Å². The zero-order valence-corrected chi connectivity index (χ0v) is 15.6. The summed E-state index contributed by atoms with van der Waals surface area (Å²) >= 11 is 0. The number of nitrogens with zero attached hydrogens (tertiary/aromatic N) is 1. The second-order valence-corrected chi connectivity index (χ2v) is 7.48. The van der Waals surface area contributed by atoms with E-state index in [4.69, 9.17) is 9.84 Å². The first kappa shape index (κ1) is 21.5. The number of aliphatic carboxylic acids is 1. The van der Waals surface area contributed by atoms with E-state index in [1.54, 1.807) is 20.8 Å². The first-order valence-corrected chi connectivity index (χ1v) is 8.45. The minimum Gasteiger partial charge on any atom is -0.481 e. The molecule has 1 amide bonds. The summed E-state index contributed by atoms with van der Waals surface area (Å²) < 4.78 is 44.0. The number of amides is 1. The summed E-state index contributed by atoms with van der Waals surface area (Å²) in [4.78, 5) is 36.2. The molecule has 1 heterocycles. The topological polar surface area (TPSA) is 95.9 Å². The second-order valence-electron chi connectivity index (χ2n) is 7.48. The molecular formula is C18H21F3N2O5. The van der Waals surface area contributed by atoms with Gasteiger partial charge in [-0.15, -0.1) is 0 Å². The summed E-state index contributed by atoms with van der Waals surface area (Å²) in [6.07, 6.45) is -5.34. The van der Waals surface area contributed by atoms with Gasteiger partial charge in [-0.25, -0.2) is 4.79 Å². The molecule has 2 N–H and O–H groups in total. The number of rotatable bonds is 4. The number of carboxylic acids is 1. The van der Waals surface area contributed by atoms with Gasteiger partial charge >= 0.3 is 18.1 Å².